The van der Waals surface area contributed by atoms with Gasteiger partial charge in [0.05, 0.1) is 10.8 Å². The van der Waals surface area contributed by atoms with Crippen LogP contribution in [0.2, 0.25) is 0 Å². The predicted octanol–water partition coefficient (Wildman–Crippen LogP) is 4.55. The molecule has 0 unspecified atom stereocenters. The smallest absolute Gasteiger partial charge is 0.243 e. The molecule has 1 fully saturated rings. The van der Waals surface area contributed by atoms with Crippen LogP contribution in [0.5, 0.6) is 0 Å². The first kappa shape index (κ1) is 21.5. The Kier molecular flexibility index (Phi) is 6.75. The molecule has 2 aromatic carbocycles. The van der Waals surface area contributed by atoms with Gasteiger partial charge in [0.15, 0.2) is 0 Å². The van der Waals surface area contributed by atoms with Crippen molar-refractivity contribution in [3.63, 3.8) is 0 Å². The Morgan fingerprint density at radius 1 is 1.14 bits per heavy atom. The van der Waals surface area contributed by atoms with Crippen molar-refractivity contribution < 1.29 is 13.2 Å². The number of sulfonamides is 1. The summed E-state index contributed by atoms with van der Waals surface area (Å²) in [6.45, 7) is 6.92. The van der Waals surface area contributed by atoms with Crippen molar-refractivity contribution in [3.05, 3.63) is 59.7 Å². The van der Waals surface area contributed by atoms with Gasteiger partial charge in [0.25, 0.3) is 0 Å². The van der Waals surface area contributed by atoms with Gasteiger partial charge in [0.2, 0.25) is 15.9 Å². The van der Waals surface area contributed by atoms with E-state index in [0.29, 0.717) is 25.3 Å². The van der Waals surface area contributed by atoms with Crippen molar-refractivity contribution >= 4 is 21.6 Å². The van der Waals surface area contributed by atoms with Crippen LogP contribution < -0.4 is 5.32 Å². The fourth-order valence-corrected chi connectivity index (χ4v) is 5.13. The summed E-state index contributed by atoms with van der Waals surface area (Å²) in [7, 11) is -3.58. The molecule has 2 atom stereocenters. The van der Waals surface area contributed by atoms with E-state index in [-0.39, 0.29) is 23.3 Å². The third kappa shape index (κ3) is 5.06. The molecule has 1 amide bonds. The summed E-state index contributed by atoms with van der Waals surface area (Å²) >= 11 is 0. The first-order valence-corrected chi connectivity index (χ1v) is 11.7. The lowest BCUT2D eigenvalue weighted by molar-refractivity contribution is -0.120. The first-order chi connectivity index (χ1) is 13.8. The Balaban J connectivity index is 1.67. The zero-order valence-corrected chi connectivity index (χ0v) is 18.2. The topological polar surface area (TPSA) is 66.5 Å². The largest absolute Gasteiger partial charge is 0.326 e. The molecule has 1 heterocycles. The number of hydrogen-bond donors (Lipinski definition) is 1. The predicted molar refractivity (Wildman–Crippen MR) is 116 cm³/mol. The molecule has 5 nitrogen and oxygen atoms in total. The van der Waals surface area contributed by atoms with Crippen LogP contribution in [0.25, 0.3) is 0 Å². The standard InChI is InChI=1S/C23H30N2O3S/c1-4-18(3)19-9-11-21(12-10-19)24-23(26)20-6-5-15-25(16-20)29(27,28)22-13-7-17(2)8-14-22/h7-14,18,20H,4-6,15-16H2,1-3H3,(H,24,26)/t18-,20+/m0/s1. The molecule has 0 radical (unpaired) electrons. The van der Waals surface area contributed by atoms with Gasteiger partial charge in [-0.2, -0.15) is 4.31 Å². The maximum Gasteiger partial charge on any atom is 0.243 e. The lowest BCUT2D eigenvalue weighted by atomic mass is 9.97. The minimum absolute atomic E-state index is 0.120. The summed E-state index contributed by atoms with van der Waals surface area (Å²) in [5.41, 5.74) is 3.01. The Morgan fingerprint density at radius 2 is 1.79 bits per heavy atom. The minimum Gasteiger partial charge on any atom is -0.326 e. The van der Waals surface area contributed by atoms with E-state index in [2.05, 4.69) is 19.2 Å². The third-order valence-corrected chi connectivity index (χ3v) is 7.65. The third-order valence-electron chi connectivity index (χ3n) is 5.77. The highest BCUT2D eigenvalue weighted by molar-refractivity contribution is 7.89. The van der Waals surface area contributed by atoms with E-state index in [1.54, 1.807) is 24.3 Å². The lowest BCUT2D eigenvalue weighted by Gasteiger charge is -2.31. The number of nitrogens with zero attached hydrogens (tertiary/aromatic N) is 1. The van der Waals surface area contributed by atoms with Crippen molar-refractivity contribution in [2.45, 2.75) is 50.8 Å². The molecule has 1 N–H and O–H groups in total. The van der Waals surface area contributed by atoms with Gasteiger partial charge in [-0.3, -0.25) is 4.79 Å². The van der Waals surface area contributed by atoms with Gasteiger partial charge in [0, 0.05) is 18.8 Å². The number of amides is 1. The van der Waals surface area contributed by atoms with Gasteiger partial charge >= 0.3 is 0 Å². The van der Waals surface area contributed by atoms with Crippen LogP contribution in [0.3, 0.4) is 0 Å². The van der Waals surface area contributed by atoms with Crippen LogP contribution in [0, 0.1) is 12.8 Å². The highest BCUT2D eigenvalue weighted by Crippen LogP contribution is 2.26. The molecule has 0 bridgehead atoms. The van der Waals surface area contributed by atoms with Gasteiger partial charge < -0.3 is 5.32 Å². The van der Waals surface area contributed by atoms with Crippen LogP contribution in [-0.2, 0) is 14.8 Å². The van der Waals surface area contributed by atoms with E-state index in [1.165, 1.54) is 9.87 Å². The number of hydrogen-bond acceptors (Lipinski definition) is 3. The van der Waals surface area contributed by atoms with Crippen molar-refractivity contribution in [2.75, 3.05) is 18.4 Å². The molecule has 29 heavy (non-hydrogen) atoms. The Morgan fingerprint density at radius 3 is 2.41 bits per heavy atom. The summed E-state index contributed by atoms with van der Waals surface area (Å²) in [6.07, 6.45) is 2.44. The van der Waals surface area contributed by atoms with E-state index >= 15 is 0 Å². The molecule has 0 aliphatic carbocycles. The lowest BCUT2D eigenvalue weighted by Crippen LogP contribution is -2.43. The summed E-state index contributed by atoms with van der Waals surface area (Å²) in [6, 6.07) is 14.8. The SMILES string of the molecule is CC[C@H](C)c1ccc(NC(=O)[C@@H]2CCCN(S(=O)(=O)c3ccc(C)cc3)C2)cc1. The second-order valence-electron chi connectivity index (χ2n) is 7.94. The molecule has 1 aliphatic heterocycles. The quantitative estimate of drug-likeness (QED) is 0.754. The second-order valence-corrected chi connectivity index (χ2v) is 9.87. The summed E-state index contributed by atoms with van der Waals surface area (Å²) in [5.74, 6) is 0.0157. The monoisotopic (exact) mass is 414 g/mol. The Bertz CT molecular complexity index is 937. The number of aryl methyl sites for hydroxylation is 1. The van der Waals surface area contributed by atoms with Gasteiger partial charge in [-0.25, -0.2) is 8.42 Å². The van der Waals surface area contributed by atoms with Crippen molar-refractivity contribution in [2.24, 2.45) is 5.92 Å². The molecule has 1 saturated heterocycles. The van der Waals surface area contributed by atoms with Crippen LogP contribution in [0.15, 0.2) is 53.4 Å². The Labute approximate surface area is 174 Å². The number of carbonyl (C=O) groups excluding carboxylic acids is 1. The molecule has 0 saturated carbocycles. The fourth-order valence-electron chi connectivity index (χ4n) is 3.61. The molecule has 0 spiro atoms. The molecular formula is C23H30N2O3S. The molecule has 1 aliphatic rings. The van der Waals surface area contributed by atoms with E-state index in [1.807, 2.05) is 31.2 Å². The van der Waals surface area contributed by atoms with Crippen LogP contribution >= 0.6 is 0 Å². The Hall–Kier alpha value is -2.18. The van der Waals surface area contributed by atoms with Gasteiger partial charge in [0.1, 0.15) is 0 Å². The molecule has 6 heteroatoms. The van der Waals surface area contributed by atoms with E-state index in [9.17, 15) is 13.2 Å². The minimum atomic E-state index is -3.58. The average molecular weight is 415 g/mol. The average Bonchev–Trinajstić information content (AvgIpc) is 2.74. The van der Waals surface area contributed by atoms with Crippen molar-refractivity contribution in [1.82, 2.24) is 4.31 Å². The fraction of sp³-hybridized carbons (Fsp3) is 0.435. The van der Waals surface area contributed by atoms with Crippen LogP contribution in [0.4, 0.5) is 5.69 Å². The molecular weight excluding hydrogens is 384 g/mol. The van der Waals surface area contributed by atoms with Crippen molar-refractivity contribution in [1.29, 1.82) is 0 Å². The molecule has 156 valence electrons. The van der Waals surface area contributed by atoms with Crippen molar-refractivity contribution in [3.8, 4) is 0 Å². The summed E-state index contributed by atoms with van der Waals surface area (Å²) in [4.78, 5) is 13.0. The number of rotatable bonds is 6. The van der Waals surface area contributed by atoms with Crippen LogP contribution in [-0.4, -0.2) is 31.7 Å². The highest BCUT2D eigenvalue weighted by atomic mass is 32.2. The molecule has 2 aromatic rings. The zero-order valence-electron chi connectivity index (χ0n) is 17.4. The van der Waals surface area contributed by atoms with E-state index in [0.717, 1.165) is 17.7 Å². The second kappa shape index (κ2) is 9.09. The van der Waals surface area contributed by atoms with E-state index in [4.69, 9.17) is 0 Å². The number of nitrogens with one attached hydrogen (secondary N) is 1. The summed E-state index contributed by atoms with van der Waals surface area (Å²) < 4.78 is 27.3. The van der Waals surface area contributed by atoms with Crippen LogP contribution in [0.1, 0.15) is 50.2 Å². The molecule has 0 aromatic heterocycles. The number of piperidine rings is 1. The highest BCUT2D eigenvalue weighted by Gasteiger charge is 2.33. The van der Waals surface area contributed by atoms with Gasteiger partial charge in [-0.1, -0.05) is 43.7 Å². The number of anilines is 1. The summed E-state index contributed by atoms with van der Waals surface area (Å²) in [5, 5.41) is 2.95. The number of benzene rings is 2. The first-order valence-electron chi connectivity index (χ1n) is 10.3. The van der Waals surface area contributed by atoms with Gasteiger partial charge in [-0.15, -0.1) is 0 Å². The van der Waals surface area contributed by atoms with E-state index < -0.39 is 10.0 Å². The molecule has 3 rings (SSSR count). The van der Waals surface area contributed by atoms with Gasteiger partial charge in [-0.05, 0) is 61.9 Å². The number of carbonyl (C=O) groups is 1. The maximum atomic E-state index is 12.9. The maximum absolute atomic E-state index is 12.9. The zero-order chi connectivity index (χ0) is 21.0. The normalized spacial score (nSPS) is 18.9.